The average Bonchev–Trinajstić information content (AvgIpc) is 3.08. The average molecular weight is 490 g/mol. The summed E-state index contributed by atoms with van der Waals surface area (Å²) in [5.41, 5.74) is 2.96. The van der Waals surface area contributed by atoms with Gasteiger partial charge in [-0.15, -0.1) is 0 Å². The molecule has 0 radical (unpaired) electrons. The van der Waals surface area contributed by atoms with Gasteiger partial charge in [0.15, 0.2) is 0 Å². The Labute approximate surface area is 193 Å². The van der Waals surface area contributed by atoms with Gasteiger partial charge in [-0.05, 0) is 35.9 Å². The fourth-order valence-corrected chi connectivity index (χ4v) is 4.29. The molecule has 1 amide bonds. The summed E-state index contributed by atoms with van der Waals surface area (Å²) in [5.74, 6) is 0.884. The molecule has 1 N–H and O–H groups in total. The van der Waals surface area contributed by atoms with Crippen molar-refractivity contribution in [2.75, 3.05) is 0 Å². The number of para-hydroxylation sites is 1. The first-order valence-electron chi connectivity index (χ1n) is 10.3. The first kappa shape index (κ1) is 20.3. The van der Waals surface area contributed by atoms with Crippen LogP contribution in [0, 0.1) is 0 Å². The molecule has 32 heavy (non-hydrogen) atoms. The fraction of sp³-hybridized carbons (Fsp3) is 0.120. The summed E-state index contributed by atoms with van der Waals surface area (Å²) in [6.07, 6.45) is 0.439. The van der Waals surface area contributed by atoms with Gasteiger partial charge in [-0.2, -0.15) is 0 Å². The molecule has 0 aliphatic carbocycles. The molecule has 0 fully saturated rings. The summed E-state index contributed by atoms with van der Waals surface area (Å²) in [6, 6.07) is 24.7. The lowest BCUT2D eigenvalue weighted by molar-refractivity contribution is -0.122. The number of carbonyl (C=O) groups excluding carboxylic acids is 1. The van der Waals surface area contributed by atoms with E-state index in [0.717, 1.165) is 15.6 Å². The lowest BCUT2D eigenvalue weighted by Crippen LogP contribution is -2.31. The molecule has 1 aliphatic rings. The van der Waals surface area contributed by atoms with E-state index in [2.05, 4.69) is 21.2 Å². The maximum Gasteiger partial charge on any atom is 0.278 e. The van der Waals surface area contributed by atoms with Gasteiger partial charge in [-0.25, -0.2) is 9.36 Å². The Morgan fingerprint density at radius 1 is 1.00 bits per heavy atom. The third-order valence-corrected chi connectivity index (χ3v) is 5.90. The van der Waals surface area contributed by atoms with Crippen LogP contribution >= 0.6 is 15.9 Å². The van der Waals surface area contributed by atoms with Crippen molar-refractivity contribution in [3.63, 3.8) is 0 Å². The van der Waals surface area contributed by atoms with Crippen LogP contribution in [0.5, 0.6) is 11.6 Å². The molecule has 3 aromatic carbocycles. The van der Waals surface area contributed by atoms with E-state index in [9.17, 15) is 9.59 Å². The first-order valence-corrected chi connectivity index (χ1v) is 11.1. The molecule has 0 unspecified atom stereocenters. The molecule has 2 heterocycles. The van der Waals surface area contributed by atoms with Gasteiger partial charge in [0, 0.05) is 23.0 Å². The number of nitrogens with one attached hydrogen (secondary N) is 1. The Morgan fingerprint density at radius 3 is 2.47 bits per heavy atom. The maximum atomic E-state index is 13.4. The molecule has 5 rings (SSSR count). The molecule has 0 saturated carbocycles. The molecule has 0 atom stereocenters. The van der Waals surface area contributed by atoms with Crippen LogP contribution in [0.15, 0.2) is 88.1 Å². The number of ether oxygens (including phenoxy) is 1. The van der Waals surface area contributed by atoms with Crippen molar-refractivity contribution in [3.05, 3.63) is 110 Å². The van der Waals surface area contributed by atoms with Crippen molar-refractivity contribution in [2.24, 2.45) is 0 Å². The summed E-state index contributed by atoms with van der Waals surface area (Å²) >= 11 is 3.48. The number of benzene rings is 3. The van der Waals surface area contributed by atoms with E-state index in [1.54, 1.807) is 4.68 Å². The molecule has 0 saturated heterocycles. The van der Waals surface area contributed by atoms with E-state index in [1.807, 2.05) is 78.9 Å². The summed E-state index contributed by atoms with van der Waals surface area (Å²) in [4.78, 5) is 26.3. The second-order valence-corrected chi connectivity index (χ2v) is 8.50. The van der Waals surface area contributed by atoms with Gasteiger partial charge in [-0.3, -0.25) is 9.59 Å². The summed E-state index contributed by atoms with van der Waals surface area (Å²) in [7, 11) is 0. The minimum absolute atomic E-state index is 0.0435. The topological polar surface area (TPSA) is 65.3 Å². The molecule has 6 nitrogen and oxygen atoms in total. The van der Waals surface area contributed by atoms with Gasteiger partial charge in [0.25, 0.3) is 5.56 Å². The monoisotopic (exact) mass is 489 g/mol. The number of carbonyl (C=O) groups is 1. The number of halogens is 1. The minimum Gasteiger partial charge on any atom is -0.439 e. The second kappa shape index (κ2) is 8.51. The van der Waals surface area contributed by atoms with Crippen LogP contribution in [0.2, 0.25) is 0 Å². The third-order valence-electron chi connectivity index (χ3n) is 5.41. The van der Waals surface area contributed by atoms with Crippen molar-refractivity contribution >= 4 is 21.8 Å². The highest BCUT2D eigenvalue weighted by Gasteiger charge is 2.29. The molecular weight excluding hydrogens is 470 g/mol. The number of nitrogens with zero attached hydrogens (tertiary/aromatic N) is 2. The zero-order valence-corrected chi connectivity index (χ0v) is 18.7. The Kier molecular flexibility index (Phi) is 5.41. The Balaban J connectivity index is 1.52. The van der Waals surface area contributed by atoms with Crippen molar-refractivity contribution in [1.29, 1.82) is 0 Å². The van der Waals surface area contributed by atoms with Crippen LogP contribution in [0.25, 0.3) is 5.69 Å². The van der Waals surface area contributed by atoms with Gasteiger partial charge in [-0.1, -0.05) is 64.5 Å². The Bertz CT molecular complexity index is 1340. The van der Waals surface area contributed by atoms with E-state index in [-0.39, 0.29) is 18.0 Å². The SMILES string of the molecule is O=C(Cn1c2c(c(=O)n1-c1ccccc1)Cc1cc(Br)ccc1O2)NCc1ccccc1. The molecule has 1 aromatic heterocycles. The summed E-state index contributed by atoms with van der Waals surface area (Å²) in [5, 5.41) is 2.93. The zero-order chi connectivity index (χ0) is 22.1. The van der Waals surface area contributed by atoms with Crippen molar-refractivity contribution < 1.29 is 9.53 Å². The van der Waals surface area contributed by atoms with Gasteiger partial charge in [0.2, 0.25) is 11.8 Å². The quantitative estimate of drug-likeness (QED) is 0.397. The van der Waals surface area contributed by atoms with Gasteiger partial charge < -0.3 is 10.1 Å². The highest BCUT2D eigenvalue weighted by atomic mass is 79.9. The highest BCUT2D eigenvalue weighted by molar-refractivity contribution is 9.10. The van der Waals surface area contributed by atoms with E-state index < -0.39 is 0 Å². The number of hydrogen-bond donors (Lipinski definition) is 1. The van der Waals surface area contributed by atoms with Gasteiger partial charge in [0.1, 0.15) is 12.3 Å². The normalized spacial score (nSPS) is 11.9. The number of fused-ring (bicyclic) bond motifs is 2. The smallest absolute Gasteiger partial charge is 0.278 e. The van der Waals surface area contributed by atoms with Crippen LogP contribution in [-0.2, 0) is 24.3 Å². The van der Waals surface area contributed by atoms with Gasteiger partial charge in [0.05, 0.1) is 11.3 Å². The maximum absolute atomic E-state index is 13.4. The predicted molar refractivity (Wildman–Crippen MR) is 125 cm³/mol. The lowest BCUT2D eigenvalue weighted by Gasteiger charge is -2.19. The molecule has 7 heteroatoms. The lowest BCUT2D eigenvalue weighted by atomic mass is 10.0. The Morgan fingerprint density at radius 2 is 1.72 bits per heavy atom. The van der Waals surface area contributed by atoms with E-state index in [4.69, 9.17) is 4.74 Å². The molecule has 160 valence electrons. The molecule has 0 bridgehead atoms. The number of amides is 1. The molecular formula is C25H20BrN3O3. The van der Waals surface area contributed by atoms with Crippen LogP contribution in [-0.4, -0.2) is 15.3 Å². The zero-order valence-electron chi connectivity index (χ0n) is 17.1. The molecule has 4 aromatic rings. The van der Waals surface area contributed by atoms with E-state index in [1.165, 1.54) is 4.68 Å². The van der Waals surface area contributed by atoms with Crippen molar-refractivity contribution in [2.45, 2.75) is 19.5 Å². The van der Waals surface area contributed by atoms with E-state index >= 15 is 0 Å². The molecule has 0 spiro atoms. The van der Waals surface area contributed by atoms with Crippen LogP contribution in [0.1, 0.15) is 16.7 Å². The highest BCUT2D eigenvalue weighted by Crippen LogP contribution is 2.37. The number of rotatable bonds is 5. The Hall–Kier alpha value is -3.58. The largest absolute Gasteiger partial charge is 0.439 e. The minimum atomic E-state index is -0.207. The van der Waals surface area contributed by atoms with Crippen molar-refractivity contribution in [1.82, 2.24) is 14.7 Å². The summed E-state index contributed by atoms with van der Waals surface area (Å²) < 4.78 is 10.2. The van der Waals surface area contributed by atoms with Gasteiger partial charge >= 0.3 is 0 Å². The standard InChI is InChI=1S/C25H20BrN3O3/c26-19-11-12-22-18(13-19)14-21-24(31)29(20-9-5-2-6-10-20)28(25(21)32-22)16-23(30)27-15-17-7-3-1-4-8-17/h1-13H,14-16H2,(H,27,30). The van der Waals surface area contributed by atoms with Crippen LogP contribution < -0.4 is 15.6 Å². The number of aromatic nitrogens is 2. The van der Waals surface area contributed by atoms with Crippen LogP contribution in [0.3, 0.4) is 0 Å². The van der Waals surface area contributed by atoms with Crippen molar-refractivity contribution in [3.8, 4) is 17.3 Å². The van der Waals surface area contributed by atoms with E-state index in [0.29, 0.717) is 35.8 Å². The molecule has 1 aliphatic heterocycles. The first-order chi connectivity index (χ1) is 15.6. The van der Waals surface area contributed by atoms with Crippen LogP contribution in [0.4, 0.5) is 0 Å². The predicted octanol–water partition coefficient (Wildman–Crippen LogP) is 4.41. The number of hydrogen-bond acceptors (Lipinski definition) is 3. The second-order valence-electron chi connectivity index (χ2n) is 7.59. The third kappa shape index (κ3) is 3.87. The fourth-order valence-electron chi connectivity index (χ4n) is 3.88. The summed E-state index contributed by atoms with van der Waals surface area (Å²) in [6.45, 7) is 0.370.